The van der Waals surface area contributed by atoms with Gasteiger partial charge in [-0.1, -0.05) is 17.7 Å². The summed E-state index contributed by atoms with van der Waals surface area (Å²) >= 11 is 6.04. The Labute approximate surface area is 130 Å². The summed E-state index contributed by atoms with van der Waals surface area (Å²) in [6.07, 6.45) is 3.38. The third kappa shape index (κ3) is 3.69. The van der Waals surface area contributed by atoms with Crippen LogP contribution in [0, 0.1) is 0 Å². The highest BCUT2D eigenvalue weighted by Gasteiger charge is 2.31. The van der Waals surface area contributed by atoms with Gasteiger partial charge in [0.05, 0.1) is 12.2 Å². The number of fused-ring (bicyclic) bond motifs is 1. The Bertz CT molecular complexity index is 488. The maximum absolute atomic E-state index is 10.6. The summed E-state index contributed by atoms with van der Waals surface area (Å²) in [4.78, 5) is 0. The summed E-state index contributed by atoms with van der Waals surface area (Å²) in [5.74, 6) is 0.858. The quantitative estimate of drug-likeness (QED) is 0.901. The summed E-state index contributed by atoms with van der Waals surface area (Å²) in [7, 11) is 0. The van der Waals surface area contributed by atoms with Crippen LogP contribution in [0.3, 0.4) is 0 Å². The zero-order valence-electron chi connectivity index (χ0n) is 12.1. The first-order valence-corrected chi connectivity index (χ1v) is 8.00. The Hall–Kier alpha value is -0.810. The molecule has 5 heteroatoms. The molecule has 1 saturated heterocycles. The minimum Gasteiger partial charge on any atom is -0.493 e. The summed E-state index contributed by atoms with van der Waals surface area (Å²) in [5.41, 5.74) is 0.477. The van der Waals surface area contributed by atoms with Crippen molar-refractivity contribution in [1.82, 2.24) is 5.32 Å². The molecule has 1 aromatic rings. The number of aliphatic hydroxyl groups is 1. The first kappa shape index (κ1) is 15.1. The normalized spacial score (nSPS) is 24.8. The van der Waals surface area contributed by atoms with Crippen LogP contribution in [0.4, 0.5) is 0 Å². The predicted molar refractivity (Wildman–Crippen MR) is 81.9 cm³/mol. The SMILES string of the molecule is OC1(CNC2CCCOc3cc(Cl)ccc32)CCOCC1. The van der Waals surface area contributed by atoms with Crippen molar-refractivity contribution in [2.45, 2.75) is 37.3 Å². The van der Waals surface area contributed by atoms with E-state index in [2.05, 4.69) is 5.32 Å². The average Bonchev–Trinajstić information content (AvgIpc) is 2.67. The van der Waals surface area contributed by atoms with E-state index in [0.29, 0.717) is 44.2 Å². The van der Waals surface area contributed by atoms with Gasteiger partial charge in [0.1, 0.15) is 5.75 Å². The number of benzene rings is 1. The van der Waals surface area contributed by atoms with Crippen molar-refractivity contribution in [2.75, 3.05) is 26.4 Å². The van der Waals surface area contributed by atoms with Crippen molar-refractivity contribution in [3.05, 3.63) is 28.8 Å². The largest absolute Gasteiger partial charge is 0.493 e. The fourth-order valence-corrected chi connectivity index (χ4v) is 3.16. The van der Waals surface area contributed by atoms with Crippen LogP contribution in [0.25, 0.3) is 0 Å². The number of rotatable bonds is 3. The highest BCUT2D eigenvalue weighted by atomic mass is 35.5. The molecule has 1 unspecified atom stereocenters. The van der Waals surface area contributed by atoms with Crippen molar-refractivity contribution in [1.29, 1.82) is 0 Å². The second kappa shape index (κ2) is 6.53. The van der Waals surface area contributed by atoms with Gasteiger partial charge in [-0.05, 0) is 25.0 Å². The third-order valence-corrected chi connectivity index (χ3v) is 4.58. The fraction of sp³-hybridized carbons (Fsp3) is 0.625. The zero-order chi connectivity index (χ0) is 14.7. The standard InChI is InChI=1S/C16H22ClNO3/c17-12-3-4-13-14(2-1-7-21-15(13)10-12)18-11-16(19)5-8-20-9-6-16/h3-4,10,14,18-19H,1-2,5-9,11H2. The molecule has 2 heterocycles. The van der Waals surface area contributed by atoms with Crippen LogP contribution in [-0.2, 0) is 4.74 Å². The van der Waals surface area contributed by atoms with Crippen LogP contribution < -0.4 is 10.1 Å². The molecule has 0 spiro atoms. The average molecular weight is 312 g/mol. The lowest BCUT2D eigenvalue weighted by Gasteiger charge is -2.34. The molecule has 1 atom stereocenters. The lowest BCUT2D eigenvalue weighted by Crippen LogP contribution is -2.45. The van der Waals surface area contributed by atoms with Gasteiger partial charge in [0, 0.05) is 49.2 Å². The van der Waals surface area contributed by atoms with Crippen LogP contribution in [0.2, 0.25) is 5.02 Å². The van der Waals surface area contributed by atoms with E-state index in [1.165, 1.54) is 0 Å². The van der Waals surface area contributed by atoms with Gasteiger partial charge in [0.25, 0.3) is 0 Å². The maximum atomic E-state index is 10.6. The molecule has 1 aromatic carbocycles. The highest BCUT2D eigenvalue weighted by Crippen LogP contribution is 2.34. The summed E-state index contributed by atoms with van der Waals surface area (Å²) in [6.45, 7) is 2.57. The zero-order valence-corrected chi connectivity index (χ0v) is 12.9. The minimum absolute atomic E-state index is 0.201. The minimum atomic E-state index is -0.655. The number of halogens is 1. The molecule has 3 rings (SSSR count). The molecule has 2 aliphatic rings. The molecular weight excluding hydrogens is 290 g/mol. The molecule has 0 amide bonds. The number of hydrogen-bond donors (Lipinski definition) is 2. The molecule has 0 saturated carbocycles. The lowest BCUT2D eigenvalue weighted by molar-refractivity contribution is -0.0629. The predicted octanol–water partition coefficient (Wildman–Crippen LogP) is 2.68. The van der Waals surface area contributed by atoms with E-state index in [9.17, 15) is 5.11 Å². The molecule has 4 nitrogen and oxygen atoms in total. The third-order valence-electron chi connectivity index (χ3n) is 4.35. The molecule has 1 fully saturated rings. The number of nitrogens with one attached hydrogen (secondary N) is 1. The molecule has 21 heavy (non-hydrogen) atoms. The van der Waals surface area contributed by atoms with E-state index in [1.807, 2.05) is 18.2 Å². The first-order valence-electron chi connectivity index (χ1n) is 7.62. The van der Waals surface area contributed by atoms with Gasteiger partial charge >= 0.3 is 0 Å². The Morgan fingerprint density at radius 2 is 2.10 bits per heavy atom. The molecule has 116 valence electrons. The summed E-state index contributed by atoms with van der Waals surface area (Å²) in [5, 5.41) is 14.8. The van der Waals surface area contributed by atoms with Gasteiger partial charge in [-0.15, -0.1) is 0 Å². The van der Waals surface area contributed by atoms with Gasteiger partial charge in [0.2, 0.25) is 0 Å². The van der Waals surface area contributed by atoms with E-state index in [0.717, 1.165) is 24.2 Å². The Morgan fingerprint density at radius 3 is 2.90 bits per heavy atom. The Morgan fingerprint density at radius 1 is 1.29 bits per heavy atom. The topological polar surface area (TPSA) is 50.7 Å². The molecule has 0 aromatic heterocycles. The van der Waals surface area contributed by atoms with E-state index in [4.69, 9.17) is 21.1 Å². The maximum Gasteiger partial charge on any atom is 0.125 e. The number of ether oxygens (including phenoxy) is 2. The second-order valence-corrected chi connectivity index (χ2v) is 6.38. The molecule has 0 aliphatic carbocycles. The van der Waals surface area contributed by atoms with Crippen molar-refractivity contribution >= 4 is 11.6 Å². The van der Waals surface area contributed by atoms with E-state index >= 15 is 0 Å². The van der Waals surface area contributed by atoms with Gasteiger partial charge in [-0.3, -0.25) is 0 Å². The monoisotopic (exact) mass is 311 g/mol. The second-order valence-electron chi connectivity index (χ2n) is 5.94. The Balaban J connectivity index is 1.70. The highest BCUT2D eigenvalue weighted by molar-refractivity contribution is 6.30. The smallest absolute Gasteiger partial charge is 0.125 e. The van der Waals surface area contributed by atoms with Crippen molar-refractivity contribution in [3.63, 3.8) is 0 Å². The van der Waals surface area contributed by atoms with Crippen LogP contribution in [-0.4, -0.2) is 37.1 Å². The van der Waals surface area contributed by atoms with Gasteiger partial charge in [0.15, 0.2) is 0 Å². The Kier molecular flexibility index (Phi) is 4.69. The van der Waals surface area contributed by atoms with Crippen molar-refractivity contribution in [3.8, 4) is 5.75 Å². The van der Waals surface area contributed by atoms with Gasteiger partial charge < -0.3 is 19.9 Å². The summed E-state index contributed by atoms with van der Waals surface area (Å²) in [6, 6.07) is 5.99. The molecule has 2 aliphatic heterocycles. The molecule has 0 radical (unpaired) electrons. The number of hydrogen-bond acceptors (Lipinski definition) is 4. The van der Waals surface area contributed by atoms with Crippen molar-refractivity contribution in [2.24, 2.45) is 0 Å². The molecule has 2 N–H and O–H groups in total. The van der Waals surface area contributed by atoms with E-state index in [-0.39, 0.29) is 6.04 Å². The van der Waals surface area contributed by atoms with E-state index in [1.54, 1.807) is 0 Å². The molecule has 0 bridgehead atoms. The summed E-state index contributed by atoms with van der Waals surface area (Å²) < 4.78 is 11.1. The van der Waals surface area contributed by atoms with Crippen LogP contribution in [0.5, 0.6) is 5.75 Å². The van der Waals surface area contributed by atoms with Crippen LogP contribution >= 0.6 is 11.6 Å². The van der Waals surface area contributed by atoms with Crippen LogP contribution in [0.1, 0.15) is 37.3 Å². The van der Waals surface area contributed by atoms with Crippen molar-refractivity contribution < 1.29 is 14.6 Å². The molecular formula is C16H22ClNO3. The van der Waals surface area contributed by atoms with Gasteiger partial charge in [-0.2, -0.15) is 0 Å². The first-order chi connectivity index (χ1) is 10.2. The fourth-order valence-electron chi connectivity index (χ4n) is 3.00. The van der Waals surface area contributed by atoms with E-state index < -0.39 is 5.60 Å². The van der Waals surface area contributed by atoms with Gasteiger partial charge in [-0.25, -0.2) is 0 Å². The van der Waals surface area contributed by atoms with Crippen LogP contribution in [0.15, 0.2) is 18.2 Å². The lowest BCUT2D eigenvalue weighted by atomic mass is 9.93.